The highest BCUT2D eigenvalue weighted by Crippen LogP contribution is 2.43. The number of nitrogens with zero attached hydrogens (tertiary/aromatic N) is 1. The Morgan fingerprint density at radius 1 is 0.500 bits per heavy atom. The maximum Gasteiger partial charge on any atom is 0.167 e. The summed E-state index contributed by atoms with van der Waals surface area (Å²) in [5.74, 6) is 0.915. The predicted octanol–water partition coefficient (Wildman–Crippen LogP) is 11.9. The van der Waals surface area contributed by atoms with Crippen molar-refractivity contribution >= 4 is 27.4 Å². The Bertz CT molecular complexity index is 2470. The van der Waals surface area contributed by atoms with Crippen molar-refractivity contribution in [1.82, 2.24) is 4.98 Å². The van der Waals surface area contributed by atoms with Crippen molar-refractivity contribution in [2.45, 2.75) is 13.2 Å². The van der Waals surface area contributed by atoms with Gasteiger partial charge in [-0.2, -0.15) is 0 Å². The Labute approximate surface area is 280 Å². The lowest BCUT2D eigenvalue weighted by molar-refractivity contribution is 0.276. The molecular weight excluding hydrogens is 585 g/mol. The van der Waals surface area contributed by atoms with Crippen LogP contribution in [0.5, 0.6) is 5.75 Å². The van der Waals surface area contributed by atoms with Crippen molar-refractivity contribution in [2.75, 3.05) is 5.32 Å². The molecule has 0 bridgehead atoms. The lowest BCUT2D eigenvalue weighted by atomic mass is 9.88. The van der Waals surface area contributed by atoms with Gasteiger partial charge in [-0.3, -0.25) is 0 Å². The molecule has 0 aliphatic carbocycles. The molecule has 0 saturated heterocycles. The standard InChI is InChI=1S/C45H32N2O/c1-29-46-42-20-10-18-38(45(42)48-29)32-21-23-33(24-22-32)44-36-16-6-5-13-31(36)25-26-37(44)34-14-9-15-35(27-34)43-28-40(30-11-3-2-4-12-30)39-17-7-8-19-41(39)47-43/h2-29,46H,1H3. The van der Waals surface area contributed by atoms with Crippen LogP contribution in [-0.2, 0) is 0 Å². The number of fused-ring (bicyclic) bond motifs is 3. The number of aromatic nitrogens is 1. The Balaban J connectivity index is 1.17. The minimum absolute atomic E-state index is 0.0378. The molecule has 3 heteroatoms. The third kappa shape index (κ3) is 4.88. The molecule has 0 amide bonds. The molecule has 0 spiro atoms. The van der Waals surface area contributed by atoms with Crippen LogP contribution in [0.1, 0.15) is 6.92 Å². The van der Waals surface area contributed by atoms with Gasteiger partial charge in [-0.1, -0.05) is 140 Å². The highest BCUT2D eigenvalue weighted by atomic mass is 16.5. The van der Waals surface area contributed by atoms with Crippen LogP contribution in [0.2, 0.25) is 0 Å². The summed E-state index contributed by atoms with van der Waals surface area (Å²) in [7, 11) is 0. The molecule has 8 aromatic rings. The first-order valence-corrected chi connectivity index (χ1v) is 16.4. The second-order valence-electron chi connectivity index (χ2n) is 12.4. The molecule has 1 unspecified atom stereocenters. The largest absolute Gasteiger partial charge is 0.468 e. The van der Waals surface area contributed by atoms with Gasteiger partial charge in [0.15, 0.2) is 12.0 Å². The second kappa shape index (κ2) is 11.6. The van der Waals surface area contributed by atoms with Crippen molar-refractivity contribution < 1.29 is 4.74 Å². The normalized spacial score (nSPS) is 13.6. The number of pyridine rings is 1. The minimum Gasteiger partial charge on any atom is -0.468 e. The number of hydrogen-bond acceptors (Lipinski definition) is 3. The smallest absolute Gasteiger partial charge is 0.167 e. The van der Waals surface area contributed by atoms with E-state index in [1.54, 1.807) is 0 Å². The average Bonchev–Trinajstić information content (AvgIpc) is 3.55. The van der Waals surface area contributed by atoms with E-state index in [-0.39, 0.29) is 6.23 Å². The van der Waals surface area contributed by atoms with Crippen LogP contribution in [0.25, 0.3) is 77.4 Å². The zero-order valence-electron chi connectivity index (χ0n) is 26.5. The van der Waals surface area contributed by atoms with E-state index < -0.39 is 0 Å². The second-order valence-corrected chi connectivity index (χ2v) is 12.4. The van der Waals surface area contributed by atoms with Crippen molar-refractivity contribution in [3.63, 3.8) is 0 Å². The van der Waals surface area contributed by atoms with Crippen molar-refractivity contribution in [1.29, 1.82) is 0 Å². The van der Waals surface area contributed by atoms with E-state index in [1.807, 2.05) is 6.92 Å². The van der Waals surface area contributed by atoms with E-state index in [0.29, 0.717) is 0 Å². The molecule has 2 heterocycles. The molecule has 3 nitrogen and oxygen atoms in total. The molecule has 1 N–H and O–H groups in total. The minimum atomic E-state index is -0.0378. The molecule has 1 aromatic heterocycles. The topological polar surface area (TPSA) is 34.2 Å². The van der Waals surface area contributed by atoms with E-state index in [1.165, 1.54) is 38.6 Å². The van der Waals surface area contributed by atoms with Gasteiger partial charge in [-0.15, -0.1) is 0 Å². The highest BCUT2D eigenvalue weighted by molar-refractivity contribution is 6.05. The summed E-state index contributed by atoms with van der Waals surface area (Å²) in [6.07, 6.45) is -0.0378. The van der Waals surface area contributed by atoms with E-state index in [0.717, 1.165) is 50.3 Å². The van der Waals surface area contributed by atoms with Gasteiger partial charge >= 0.3 is 0 Å². The zero-order valence-corrected chi connectivity index (χ0v) is 26.5. The van der Waals surface area contributed by atoms with Gasteiger partial charge in [0.1, 0.15) is 0 Å². The average molecular weight is 617 g/mol. The molecule has 228 valence electrons. The Hall–Kier alpha value is -6.19. The van der Waals surface area contributed by atoms with Gasteiger partial charge in [0.05, 0.1) is 16.9 Å². The first-order chi connectivity index (χ1) is 23.7. The quantitative estimate of drug-likeness (QED) is 0.209. The maximum atomic E-state index is 6.13. The van der Waals surface area contributed by atoms with E-state index in [9.17, 15) is 0 Å². The lowest BCUT2D eigenvalue weighted by Gasteiger charge is -2.16. The molecule has 0 fully saturated rings. The Morgan fingerprint density at radius 3 is 2.06 bits per heavy atom. The van der Waals surface area contributed by atoms with E-state index in [2.05, 4.69) is 169 Å². The fraction of sp³-hybridized carbons (Fsp3) is 0.0444. The molecular formula is C45H32N2O. The van der Waals surface area contributed by atoms with Crippen LogP contribution < -0.4 is 10.1 Å². The van der Waals surface area contributed by atoms with E-state index >= 15 is 0 Å². The SMILES string of the molecule is CC1Nc2cccc(-c3ccc(-c4c(-c5cccc(-c6cc(-c7ccccc7)c7ccccc7n6)c5)ccc5ccccc45)cc3)c2O1. The van der Waals surface area contributed by atoms with Crippen LogP contribution in [0.15, 0.2) is 164 Å². The molecule has 1 atom stereocenters. The fourth-order valence-electron chi connectivity index (χ4n) is 7.10. The first kappa shape index (κ1) is 28.1. The van der Waals surface area contributed by atoms with Crippen molar-refractivity contribution in [3.8, 4) is 61.5 Å². The van der Waals surface area contributed by atoms with Crippen LogP contribution >= 0.6 is 0 Å². The van der Waals surface area contributed by atoms with Gasteiger partial charge in [0, 0.05) is 16.5 Å². The number of ether oxygens (including phenoxy) is 1. The molecule has 7 aromatic carbocycles. The summed E-state index contributed by atoms with van der Waals surface area (Å²) in [6, 6.07) is 58.4. The summed E-state index contributed by atoms with van der Waals surface area (Å²) >= 11 is 0. The predicted molar refractivity (Wildman–Crippen MR) is 200 cm³/mol. The number of hydrogen-bond donors (Lipinski definition) is 1. The van der Waals surface area contributed by atoms with Gasteiger partial charge in [0.25, 0.3) is 0 Å². The summed E-state index contributed by atoms with van der Waals surface area (Å²) in [5, 5.41) is 7.00. The summed E-state index contributed by atoms with van der Waals surface area (Å²) in [6.45, 7) is 2.03. The number of para-hydroxylation sites is 2. The van der Waals surface area contributed by atoms with Crippen LogP contribution in [-0.4, -0.2) is 11.2 Å². The van der Waals surface area contributed by atoms with Crippen LogP contribution in [0.3, 0.4) is 0 Å². The molecule has 1 aliphatic heterocycles. The van der Waals surface area contributed by atoms with Gasteiger partial charge < -0.3 is 10.1 Å². The molecule has 1 aliphatic rings. The van der Waals surface area contributed by atoms with Crippen molar-refractivity contribution in [3.05, 3.63) is 164 Å². The Kier molecular flexibility index (Phi) is 6.76. The molecule has 48 heavy (non-hydrogen) atoms. The number of nitrogens with one attached hydrogen (secondary N) is 1. The maximum absolute atomic E-state index is 6.13. The number of anilines is 1. The summed E-state index contributed by atoms with van der Waals surface area (Å²) in [5.41, 5.74) is 13.4. The third-order valence-corrected chi connectivity index (χ3v) is 9.35. The van der Waals surface area contributed by atoms with E-state index in [4.69, 9.17) is 9.72 Å². The molecule has 0 saturated carbocycles. The first-order valence-electron chi connectivity index (χ1n) is 16.4. The lowest BCUT2D eigenvalue weighted by Crippen LogP contribution is -2.13. The monoisotopic (exact) mass is 616 g/mol. The van der Waals surface area contributed by atoms with Gasteiger partial charge in [-0.05, 0) is 80.9 Å². The molecule has 0 radical (unpaired) electrons. The van der Waals surface area contributed by atoms with Crippen LogP contribution in [0, 0.1) is 0 Å². The third-order valence-electron chi connectivity index (χ3n) is 9.35. The Morgan fingerprint density at radius 2 is 1.19 bits per heavy atom. The van der Waals surface area contributed by atoms with Gasteiger partial charge in [0.2, 0.25) is 0 Å². The summed E-state index contributed by atoms with van der Waals surface area (Å²) < 4.78 is 6.13. The number of rotatable bonds is 5. The zero-order chi connectivity index (χ0) is 32.0. The van der Waals surface area contributed by atoms with Crippen molar-refractivity contribution in [2.24, 2.45) is 0 Å². The number of benzene rings is 7. The fourth-order valence-corrected chi connectivity index (χ4v) is 7.10. The summed E-state index contributed by atoms with van der Waals surface area (Å²) in [4.78, 5) is 5.15. The molecule has 9 rings (SSSR count). The van der Waals surface area contributed by atoms with Gasteiger partial charge in [-0.25, -0.2) is 4.98 Å². The van der Waals surface area contributed by atoms with Crippen LogP contribution in [0.4, 0.5) is 5.69 Å². The highest BCUT2D eigenvalue weighted by Gasteiger charge is 2.22.